The largest absolute Gasteiger partial charge is 0.497 e. The normalized spacial score (nSPS) is 10.5. The maximum atomic E-state index is 12.6. The van der Waals surface area contributed by atoms with Crippen molar-refractivity contribution in [2.45, 2.75) is 6.54 Å². The second kappa shape index (κ2) is 10.5. The van der Waals surface area contributed by atoms with Crippen LogP contribution in [0.4, 0.5) is 0 Å². The van der Waals surface area contributed by atoms with Crippen LogP contribution in [0.15, 0.2) is 85.1 Å². The summed E-state index contributed by atoms with van der Waals surface area (Å²) in [5.74, 6) is 0.450. The number of pyridine rings is 1. The predicted octanol–water partition coefficient (Wildman–Crippen LogP) is 4.85. The Labute approximate surface area is 197 Å². The van der Waals surface area contributed by atoms with Crippen LogP contribution in [0.5, 0.6) is 17.4 Å². The number of nitrogens with zero attached hydrogens (tertiary/aromatic N) is 2. The molecule has 3 aromatic carbocycles. The van der Waals surface area contributed by atoms with Crippen molar-refractivity contribution < 1.29 is 23.8 Å². The second-order valence-electron chi connectivity index (χ2n) is 7.64. The molecule has 0 aliphatic heterocycles. The standard InChI is InChI=1S/C27H24N2O5/c1-29(17-19-10-11-21-16-23(32-2)13-12-20(21)15-19)25(30)18-33-27(31)24-9-6-14-28-26(24)34-22-7-4-3-5-8-22/h3-16H,17-18H2,1-2H3. The average Bonchev–Trinajstić information content (AvgIpc) is 2.87. The van der Waals surface area contributed by atoms with E-state index in [1.807, 2.05) is 54.6 Å². The fraction of sp³-hybridized carbons (Fsp3) is 0.148. The fourth-order valence-corrected chi connectivity index (χ4v) is 3.40. The highest BCUT2D eigenvalue weighted by Gasteiger charge is 2.18. The van der Waals surface area contributed by atoms with E-state index in [0.29, 0.717) is 12.3 Å². The number of hydrogen-bond donors (Lipinski definition) is 0. The first-order chi connectivity index (χ1) is 16.5. The van der Waals surface area contributed by atoms with E-state index in [1.165, 1.54) is 11.1 Å². The maximum Gasteiger partial charge on any atom is 0.344 e. The Morgan fingerprint density at radius 1 is 0.882 bits per heavy atom. The molecule has 0 saturated heterocycles. The summed E-state index contributed by atoms with van der Waals surface area (Å²) in [5.41, 5.74) is 1.11. The lowest BCUT2D eigenvalue weighted by atomic mass is 10.1. The van der Waals surface area contributed by atoms with Crippen LogP contribution in [0, 0.1) is 0 Å². The van der Waals surface area contributed by atoms with E-state index in [2.05, 4.69) is 4.98 Å². The van der Waals surface area contributed by atoms with Gasteiger partial charge in [0, 0.05) is 19.8 Å². The van der Waals surface area contributed by atoms with E-state index in [9.17, 15) is 9.59 Å². The minimum absolute atomic E-state index is 0.118. The molecule has 7 nitrogen and oxygen atoms in total. The van der Waals surface area contributed by atoms with Crippen LogP contribution in [0.1, 0.15) is 15.9 Å². The number of para-hydroxylation sites is 1. The van der Waals surface area contributed by atoms with E-state index in [4.69, 9.17) is 14.2 Å². The molecule has 1 heterocycles. The SMILES string of the molecule is COc1ccc2cc(CN(C)C(=O)COC(=O)c3cccnc3Oc3ccccc3)ccc2c1. The molecule has 1 amide bonds. The monoisotopic (exact) mass is 456 g/mol. The smallest absolute Gasteiger partial charge is 0.344 e. The van der Waals surface area contributed by atoms with E-state index in [-0.39, 0.29) is 24.0 Å². The van der Waals surface area contributed by atoms with Crippen LogP contribution in [-0.4, -0.2) is 42.5 Å². The molecule has 172 valence electrons. The van der Waals surface area contributed by atoms with Gasteiger partial charge in [0.15, 0.2) is 6.61 Å². The number of likely N-dealkylation sites (N-methyl/N-ethyl adjacent to an activating group) is 1. The molecule has 0 radical (unpaired) electrons. The Bertz CT molecular complexity index is 1310. The van der Waals surface area contributed by atoms with Crippen LogP contribution in [-0.2, 0) is 16.1 Å². The number of esters is 1. The zero-order valence-corrected chi connectivity index (χ0v) is 18.9. The number of benzene rings is 3. The topological polar surface area (TPSA) is 78.0 Å². The number of carbonyl (C=O) groups excluding carboxylic acids is 2. The number of ether oxygens (including phenoxy) is 3. The number of aromatic nitrogens is 1. The summed E-state index contributed by atoms with van der Waals surface area (Å²) in [7, 11) is 3.30. The summed E-state index contributed by atoms with van der Waals surface area (Å²) in [6.07, 6.45) is 1.52. The van der Waals surface area contributed by atoms with E-state index < -0.39 is 5.97 Å². The maximum absolute atomic E-state index is 12.6. The van der Waals surface area contributed by atoms with Crippen molar-refractivity contribution in [3.05, 3.63) is 96.2 Å². The van der Waals surface area contributed by atoms with Crippen molar-refractivity contribution in [2.24, 2.45) is 0 Å². The molecule has 1 aromatic heterocycles. The van der Waals surface area contributed by atoms with Crippen LogP contribution in [0.2, 0.25) is 0 Å². The lowest BCUT2D eigenvalue weighted by molar-refractivity contribution is -0.133. The summed E-state index contributed by atoms with van der Waals surface area (Å²) < 4.78 is 16.2. The average molecular weight is 456 g/mol. The second-order valence-corrected chi connectivity index (χ2v) is 7.64. The highest BCUT2D eigenvalue weighted by molar-refractivity contribution is 5.93. The Morgan fingerprint density at radius 2 is 1.65 bits per heavy atom. The molecular weight excluding hydrogens is 432 g/mol. The van der Waals surface area contributed by atoms with Gasteiger partial charge in [0.2, 0.25) is 5.88 Å². The highest BCUT2D eigenvalue weighted by atomic mass is 16.5. The van der Waals surface area contributed by atoms with Crippen molar-refractivity contribution in [3.63, 3.8) is 0 Å². The summed E-state index contributed by atoms with van der Waals surface area (Å²) in [5, 5.41) is 2.10. The number of fused-ring (bicyclic) bond motifs is 1. The quantitative estimate of drug-likeness (QED) is 0.353. The molecule has 0 aliphatic carbocycles. The first kappa shape index (κ1) is 22.8. The molecule has 0 aliphatic rings. The Kier molecular flexibility index (Phi) is 7.03. The van der Waals surface area contributed by atoms with Gasteiger partial charge in [0.25, 0.3) is 5.91 Å². The number of rotatable bonds is 8. The summed E-state index contributed by atoms with van der Waals surface area (Å²) in [6.45, 7) is -0.00655. The molecule has 4 rings (SSSR count). The lowest BCUT2D eigenvalue weighted by Crippen LogP contribution is -2.30. The van der Waals surface area contributed by atoms with Crippen LogP contribution < -0.4 is 9.47 Å². The molecule has 0 atom stereocenters. The van der Waals surface area contributed by atoms with Crippen molar-refractivity contribution in [2.75, 3.05) is 20.8 Å². The molecule has 0 unspecified atom stereocenters. The Hall–Kier alpha value is -4.39. The number of amides is 1. The molecule has 0 N–H and O–H groups in total. The fourth-order valence-electron chi connectivity index (χ4n) is 3.40. The third-order valence-corrected chi connectivity index (χ3v) is 5.23. The first-order valence-corrected chi connectivity index (χ1v) is 10.7. The van der Waals surface area contributed by atoms with Gasteiger partial charge >= 0.3 is 5.97 Å². The molecule has 34 heavy (non-hydrogen) atoms. The molecule has 4 aromatic rings. The summed E-state index contributed by atoms with van der Waals surface area (Å²) in [4.78, 5) is 30.8. The number of methoxy groups -OCH3 is 1. The van der Waals surface area contributed by atoms with Gasteiger partial charge in [-0.15, -0.1) is 0 Å². The van der Waals surface area contributed by atoms with Crippen molar-refractivity contribution in [1.29, 1.82) is 0 Å². The third-order valence-electron chi connectivity index (χ3n) is 5.23. The predicted molar refractivity (Wildman–Crippen MR) is 128 cm³/mol. The highest BCUT2D eigenvalue weighted by Crippen LogP contribution is 2.24. The zero-order valence-electron chi connectivity index (χ0n) is 18.9. The Morgan fingerprint density at radius 3 is 2.44 bits per heavy atom. The van der Waals surface area contributed by atoms with Gasteiger partial charge in [-0.3, -0.25) is 4.79 Å². The molecule has 0 saturated carbocycles. The van der Waals surface area contributed by atoms with Crippen LogP contribution in [0.3, 0.4) is 0 Å². The first-order valence-electron chi connectivity index (χ1n) is 10.7. The molecule has 0 bridgehead atoms. The van der Waals surface area contributed by atoms with Crippen LogP contribution in [0.25, 0.3) is 10.8 Å². The van der Waals surface area contributed by atoms with Crippen molar-refractivity contribution >= 4 is 22.6 Å². The van der Waals surface area contributed by atoms with Crippen molar-refractivity contribution in [1.82, 2.24) is 9.88 Å². The van der Waals surface area contributed by atoms with Gasteiger partial charge in [0.05, 0.1) is 7.11 Å². The molecule has 0 spiro atoms. The minimum Gasteiger partial charge on any atom is -0.497 e. The number of carbonyl (C=O) groups is 2. The van der Waals surface area contributed by atoms with Crippen LogP contribution >= 0.6 is 0 Å². The van der Waals surface area contributed by atoms with Gasteiger partial charge < -0.3 is 19.1 Å². The van der Waals surface area contributed by atoms with E-state index in [0.717, 1.165) is 22.1 Å². The molecule has 0 fully saturated rings. The lowest BCUT2D eigenvalue weighted by Gasteiger charge is -2.18. The van der Waals surface area contributed by atoms with Gasteiger partial charge in [-0.25, -0.2) is 9.78 Å². The van der Waals surface area contributed by atoms with Gasteiger partial charge in [-0.1, -0.05) is 36.4 Å². The van der Waals surface area contributed by atoms with Gasteiger partial charge in [-0.2, -0.15) is 0 Å². The third kappa shape index (κ3) is 5.50. The van der Waals surface area contributed by atoms with E-state index >= 15 is 0 Å². The summed E-state index contributed by atoms with van der Waals surface area (Å²) in [6, 6.07) is 24.0. The van der Waals surface area contributed by atoms with Crippen molar-refractivity contribution in [3.8, 4) is 17.4 Å². The molecule has 7 heteroatoms. The minimum atomic E-state index is -0.680. The van der Waals surface area contributed by atoms with Gasteiger partial charge in [0.1, 0.15) is 17.1 Å². The summed E-state index contributed by atoms with van der Waals surface area (Å²) >= 11 is 0. The zero-order chi connectivity index (χ0) is 23.9. The number of hydrogen-bond acceptors (Lipinski definition) is 6. The Balaban J connectivity index is 1.36. The van der Waals surface area contributed by atoms with Gasteiger partial charge in [-0.05, 0) is 58.8 Å². The van der Waals surface area contributed by atoms with E-state index in [1.54, 1.807) is 38.4 Å². The molecular formula is C27H24N2O5.